The molecule has 3 N–H and O–H groups in total. The van der Waals surface area contributed by atoms with Crippen LogP contribution < -0.4 is 16.0 Å². The predicted octanol–water partition coefficient (Wildman–Crippen LogP) is 2.07. The number of anilines is 1. The van der Waals surface area contributed by atoms with E-state index in [9.17, 15) is 9.59 Å². The monoisotopic (exact) mass is 337 g/mol. The number of carbonyl (C=O) groups is 2. The molecule has 5 nitrogen and oxygen atoms in total. The van der Waals surface area contributed by atoms with Gasteiger partial charge in [0, 0.05) is 12.2 Å². The Labute approximate surface area is 147 Å². The van der Waals surface area contributed by atoms with E-state index < -0.39 is 0 Å². The van der Waals surface area contributed by atoms with Crippen molar-refractivity contribution in [3.05, 3.63) is 64.7 Å². The second kappa shape index (κ2) is 7.49. The third kappa shape index (κ3) is 4.25. The fraction of sp³-hybridized carbons (Fsp3) is 0.300. The summed E-state index contributed by atoms with van der Waals surface area (Å²) in [6.07, 6.45) is 0.640. The number of aryl methyl sites for hydroxylation is 2. The number of benzene rings is 2. The van der Waals surface area contributed by atoms with Crippen molar-refractivity contribution >= 4 is 17.5 Å². The van der Waals surface area contributed by atoms with Gasteiger partial charge in [-0.25, -0.2) is 0 Å². The first-order chi connectivity index (χ1) is 12.0. The van der Waals surface area contributed by atoms with E-state index in [0.29, 0.717) is 13.0 Å². The van der Waals surface area contributed by atoms with Crippen LogP contribution >= 0.6 is 0 Å². The molecule has 2 aromatic carbocycles. The maximum absolute atomic E-state index is 12.3. The summed E-state index contributed by atoms with van der Waals surface area (Å²) in [7, 11) is 0. The maximum Gasteiger partial charge on any atom is 0.243 e. The lowest BCUT2D eigenvalue weighted by molar-refractivity contribution is -0.125. The lowest BCUT2D eigenvalue weighted by Gasteiger charge is -2.25. The van der Waals surface area contributed by atoms with Gasteiger partial charge in [-0.2, -0.15) is 0 Å². The molecule has 0 bridgehead atoms. The van der Waals surface area contributed by atoms with E-state index >= 15 is 0 Å². The van der Waals surface area contributed by atoms with Gasteiger partial charge in [-0.15, -0.1) is 0 Å². The Balaban J connectivity index is 1.50. The molecule has 1 aliphatic heterocycles. The molecule has 3 rings (SSSR count). The van der Waals surface area contributed by atoms with Crippen LogP contribution in [0.25, 0.3) is 0 Å². The molecule has 130 valence electrons. The molecule has 1 aliphatic rings. The van der Waals surface area contributed by atoms with E-state index in [4.69, 9.17) is 0 Å². The minimum absolute atomic E-state index is 0.0361. The highest BCUT2D eigenvalue weighted by Crippen LogP contribution is 2.16. The highest BCUT2D eigenvalue weighted by Gasteiger charge is 2.23. The first kappa shape index (κ1) is 17.2. The summed E-state index contributed by atoms with van der Waals surface area (Å²) in [5.41, 5.74) is 5.44. The van der Waals surface area contributed by atoms with Crippen LogP contribution in [0.1, 0.15) is 22.3 Å². The summed E-state index contributed by atoms with van der Waals surface area (Å²) >= 11 is 0. The van der Waals surface area contributed by atoms with Crippen molar-refractivity contribution in [2.45, 2.75) is 32.9 Å². The Kier molecular flexibility index (Phi) is 5.14. The van der Waals surface area contributed by atoms with Gasteiger partial charge < -0.3 is 16.0 Å². The van der Waals surface area contributed by atoms with E-state index in [1.165, 1.54) is 16.7 Å². The van der Waals surface area contributed by atoms with Crippen LogP contribution in [0.5, 0.6) is 0 Å². The highest BCUT2D eigenvalue weighted by molar-refractivity contribution is 5.95. The summed E-state index contributed by atoms with van der Waals surface area (Å²) < 4.78 is 0. The zero-order valence-electron chi connectivity index (χ0n) is 14.6. The van der Waals surface area contributed by atoms with Gasteiger partial charge in [-0.3, -0.25) is 9.59 Å². The first-order valence-corrected chi connectivity index (χ1v) is 8.48. The molecule has 2 aromatic rings. The summed E-state index contributed by atoms with van der Waals surface area (Å²) in [6, 6.07) is 13.5. The quantitative estimate of drug-likeness (QED) is 0.800. The standard InChI is InChI=1S/C20H23N3O2/c1-13-7-8-17(9-14(13)2)23-19(24)12-22-20(25)18-10-15-5-3-4-6-16(15)11-21-18/h3-9,18,21H,10-12H2,1-2H3,(H,22,25)(H,23,24). The first-order valence-electron chi connectivity index (χ1n) is 8.48. The van der Waals surface area contributed by atoms with Gasteiger partial charge in [0.2, 0.25) is 11.8 Å². The van der Waals surface area contributed by atoms with Gasteiger partial charge >= 0.3 is 0 Å². The molecule has 0 saturated heterocycles. The summed E-state index contributed by atoms with van der Waals surface area (Å²) in [5, 5.41) is 8.74. The lowest BCUT2D eigenvalue weighted by atomic mass is 9.95. The van der Waals surface area contributed by atoms with E-state index in [-0.39, 0.29) is 24.4 Å². The molecule has 0 saturated carbocycles. The number of hydrogen-bond acceptors (Lipinski definition) is 3. The number of hydrogen-bond donors (Lipinski definition) is 3. The molecule has 0 spiro atoms. The third-order valence-electron chi connectivity index (χ3n) is 4.61. The van der Waals surface area contributed by atoms with Crippen molar-refractivity contribution in [1.29, 1.82) is 0 Å². The number of nitrogens with one attached hydrogen (secondary N) is 3. The number of amides is 2. The maximum atomic E-state index is 12.3. The Morgan fingerprint density at radius 1 is 1.08 bits per heavy atom. The zero-order chi connectivity index (χ0) is 17.8. The van der Waals surface area contributed by atoms with E-state index in [2.05, 4.69) is 22.0 Å². The molecule has 0 fully saturated rings. The smallest absolute Gasteiger partial charge is 0.243 e. The van der Waals surface area contributed by atoms with Crippen LogP contribution in [0.2, 0.25) is 0 Å². The molecule has 25 heavy (non-hydrogen) atoms. The average molecular weight is 337 g/mol. The molecule has 5 heteroatoms. The van der Waals surface area contributed by atoms with Crippen molar-refractivity contribution < 1.29 is 9.59 Å². The largest absolute Gasteiger partial charge is 0.346 e. The SMILES string of the molecule is Cc1ccc(NC(=O)CNC(=O)C2Cc3ccccc3CN2)cc1C. The van der Waals surface area contributed by atoms with Crippen LogP contribution in [0, 0.1) is 13.8 Å². The van der Waals surface area contributed by atoms with Crippen LogP contribution in [-0.4, -0.2) is 24.4 Å². The van der Waals surface area contributed by atoms with Crippen molar-refractivity contribution in [2.24, 2.45) is 0 Å². The van der Waals surface area contributed by atoms with E-state index in [1.54, 1.807) is 0 Å². The van der Waals surface area contributed by atoms with Crippen LogP contribution in [0.15, 0.2) is 42.5 Å². The molecule has 1 unspecified atom stereocenters. The Bertz CT molecular complexity index is 801. The number of carbonyl (C=O) groups excluding carboxylic acids is 2. The fourth-order valence-corrected chi connectivity index (χ4v) is 2.95. The normalized spacial score (nSPS) is 16.0. The van der Waals surface area contributed by atoms with Crippen LogP contribution in [0.3, 0.4) is 0 Å². The molecule has 1 heterocycles. The Morgan fingerprint density at radius 2 is 1.84 bits per heavy atom. The third-order valence-corrected chi connectivity index (χ3v) is 4.61. The van der Waals surface area contributed by atoms with Crippen LogP contribution in [0.4, 0.5) is 5.69 Å². The van der Waals surface area contributed by atoms with Crippen molar-refractivity contribution in [3.63, 3.8) is 0 Å². The molecule has 0 radical (unpaired) electrons. The number of fused-ring (bicyclic) bond motifs is 1. The second-order valence-electron chi connectivity index (χ2n) is 6.47. The van der Waals surface area contributed by atoms with Crippen molar-refractivity contribution in [2.75, 3.05) is 11.9 Å². The summed E-state index contributed by atoms with van der Waals surface area (Å²) in [4.78, 5) is 24.4. The molecule has 0 aliphatic carbocycles. The molecular formula is C20H23N3O2. The molecular weight excluding hydrogens is 314 g/mol. The zero-order valence-corrected chi connectivity index (χ0v) is 14.6. The highest BCUT2D eigenvalue weighted by atomic mass is 16.2. The van der Waals surface area contributed by atoms with Gasteiger partial charge in [-0.05, 0) is 54.7 Å². The predicted molar refractivity (Wildman–Crippen MR) is 98.3 cm³/mol. The van der Waals surface area contributed by atoms with Crippen molar-refractivity contribution in [1.82, 2.24) is 10.6 Å². The summed E-state index contributed by atoms with van der Waals surface area (Å²) in [6.45, 7) is 4.66. The van der Waals surface area contributed by atoms with Gasteiger partial charge in [0.25, 0.3) is 0 Å². The molecule has 2 amide bonds. The van der Waals surface area contributed by atoms with Gasteiger partial charge in [0.1, 0.15) is 0 Å². The summed E-state index contributed by atoms with van der Waals surface area (Å²) in [5.74, 6) is -0.377. The fourth-order valence-electron chi connectivity index (χ4n) is 2.95. The van der Waals surface area contributed by atoms with Gasteiger partial charge in [-0.1, -0.05) is 30.3 Å². The van der Waals surface area contributed by atoms with Gasteiger partial charge in [0.05, 0.1) is 12.6 Å². The second-order valence-corrected chi connectivity index (χ2v) is 6.47. The minimum atomic E-state index is -0.302. The lowest BCUT2D eigenvalue weighted by Crippen LogP contribution is -2.49. The van der Waals surface area contributed by atoms with Crippen molar-refractivity contribution in [3.8, 4) is 0 Å². The Hall–Kier alpha value is -2.66. The number of rotatable bonds is 4. The van der Waals surface area contributed by atoms with E-state index in [1.807, 2.05) is 50.2 Å². The van der Waals surface area contributed by atoms with Gasteiger partial charge in [0.15, 0.2) is 0 Å². The topological polar surface area (TPSA) is 70.2 Å². The molecule has 0 aromatic heterocycles. The Morgan fingerprint density at radius 3 is 2.60 bits per heavy atom. The average Bonchev–Trinajstić information content (AvgIpc) is 2.62. The van der Waals surface area contributed by atoms with E-state index in [0.717, 1.165) is 11.3 Å². The van der Waals surface area contributed by atoms with Crippen LogP contribution in [-0.2, 0) is 22.6 Å². The minimum Gasteiger partial charge on any atom is -0.346 e. The molecule has 1 atom stereocenters.